The molecule has 0 unspecified atom stereocenters. The molecule has 0 bridgehead atoms. The summed E-state index contributed by atoms with van der Waals surface area (Å²) in [4.78, 5) is 7.20. The quantitative estimate of drug-likeness (QED) is 0.703. The number of pyridine rings is 1. The smallest absolute Gasteiger partial charge is 0.137 e. The van der Waals surface area contributed by atoms with Crippen molar-refractivity contribution < 1.29 is 0 Å². The predicted molar refractivity (Wildman–Crippen MR) is 51.2 cm³/mol. The predicted octanol–water partition coefficient (Wildman–Crippen LogP) is 1.44. The Bertz CT molecular complexity index is 369. The van der Waals surface area contributed by atoms with E-state index in [1.807, 2.05) is 18.3 Å². The third-order valence-electron chi connectivity index (χ3n) is 1.69. The Hall–Kier alpha value is -1.06. The lowest BCUT2D eigenvalue weighted by atomic mass is 10.2. The van der Waals surface area contributed by atoms with Crippen LogP contribution in [0.2, 0.25) is 0 Å². The molecule has 0 saturated carbocycles. The van der Waals surface area contributed by atoms with Crippen LogP contribution in [0.5, 0.6) is 0 Å². The number of nitrogens with zero attached hydrogens (tertiary/aromatic N) is 1. The second-order valence-electron chi connectivity index (χ2n) is 2.46. The van der Waals surface area contributed by atoms with Crippen LogP contribution in [0.3, 0.4) is 0 Å². The number of halogens is 1. The maximum Gasteiger partial charge on any atom is 0.137 e. The van der Waals surface area contributed by atoms with Gasteiger partial charge in [0, 0.05) is 24.3 Å². The van der Waals surface area contributed by atoms with Crippen molar-refractivity contribution in [2.45, 2.75) is 6.54 Å². The normalized spacial score (nSPS) is 9.75. The summed E-state index contributed by atoms with van der Waals surface area (Å²) >= 11 is 0. The summed E-state index contributed by atoms with van der Waals surface area (Å²) in [5, 5.41) is 1.12. The summed E-state index contributed by atoms with van der Waals surface area (Å²) < 4.78 is 0. The van der Waals surface area contributed by atoms with Crippen molar-refractivity contribution in [3.05, 3.63) is 30.1 Å². The number of fused-ring (bicyclic) bond motifs is 1. The van der Waals surface area contributed by atoms with Gasteiger partial charge in [0.25, 0.3) is 0 Å². The molecule has 0 atom stereocenters. The maximum absolute atomic E-state index is 5.46. The Morgan fingerprint density at radius 3 is 3.08 bits per heavy atom. The highest BCUT2D eigenvalue weighted by molar-refractivity contribution is 5.85. The van der Waals surface area contributed by atoms with Crippen LogP contribution in [0.4, 0.5) is 0 Å². The van der Waals surface area contributed by atoms with E-state index in [-0.39, 0.29) is 12.4 Å². The van der Waals surface area contributed by atoms with Gasteiger partial charge in [0.2, 0.25) is 0 Å². The molecule has 3 nitrogen and oxygen atoms in total. The van der Waals surface area contributed by atoms with E-state index in [4.69, 9.17) is 5.73 Å². The average molecular weight is 184 g/mol. The molecule has 0 fully saturated rings. The molecule has 0 amide bonds. The second kappa shape index (κ2) is 3.56. The zero-order chi connectivity index (χ0) is 7.68. The van der Waals surface area contributed by atoms with Gasteiger partial charge in [0.1, 0.15) is 5.65 Å². The zero-order valence-electron chi connectivity index (χ0n) is 6.45. The van der Waals surface area contributed by atoms with E-state index in [0.717, 1.165) is 16.6 Å². The molecular formula is C8H10ClN3. The van der Waals surface area contributed by atoms with Crippen LogP contribution in [-0.4, -0.2) is 9.97 Å². The highest BCUT2D eigenvalue weighted by Gasteiger charge is 1.95. The molecule has 12 heavy (non-hydrogen) atoms. The minimum atomic E-state index is 0. The summed E-state index contributed by atoms with van der Waals surface area (Å²) in [5.74, 6) is 0. The molecule has 4 heteroatoms. The Morgan fingerprint density at radius 1 is 1.50 bits per heavy atom. The Labute approximate surface area is 76.4 Å². The van der Waals surface area contributed by atoms with Crippen LogP contribution in [-0.2, 0) is 6.54 Å². The second-order valence-corrected chi connectivity index (χ2v) is 2.46. The van der Waals surface area contributed by atoms with Gasteiger partial charge < -0.3 is 10.7 Å². The molecule has 0 aliphatic heterocycles. The summed E-state index contributed by atoms with van der Waals surface area (Å²) in [6, 6.07) is 4.03. The van der Waals surface area contributed by atoms with Gasteiger partial charge in [-0.3, -0.25) is 0 Å². The van der Waals surface area contributed by atoms with Gasteiger partial charge in [-0.05, 0) is 17.7 Å². The number of nitrogens with one attached hydrogen (secondary N) is 1. The van der Waals surface area contributed by atoms with Crippen molar-refractivity contribution in [3.8, 4) is 0 Å². The molecule has 0 saturated heterocycles. The minimum absolute atomic E-state index is 0. The third kappa shape index (κ3) is 1.42. The fourth-order valence-electron chi connectivity index (χ4n) is 1.10. The molecule has 0 aliphatic carbocycles. The Balaban J connectivity index is 0.000000720. The molecule has 0 aromatic carbocycles. The van der Waals surface area contributed by atoms with E-state index in [9.17, 15) is 0 Å². The van der Waals surface area contributed by atoms with Crippen molar-refractivity contribution in [1.82, 2.24) is 9.97 Å². The van der Waals surface area contributed by atoms with Crippen LogP contribution >= 0.6 is 12.4 Å². The summed E-state index contributed by atoms with van der Waals surface area (Å²) in [5.41, 5.74) is 7.44. The monoisotopic (exact) mass is 183 g/mol. The number of hydrogen-bond donors (Lipinski definition) is 2. The number of hydrogen-bond acceptors (Lipinski definition) is 2. The van der Waals surface area contributed by atoms with Gasteiger partial charge in [0.15, 0.2) is 0 Å². The van der Waals surface area contributed by atoms with Gasteiger partial charge in [-0.2, -0.15) is 0 Å². The molecule has 0 aliphatic rings. The lowest BCUT2D eigenvalue weighted by molar-refractivity contribution is 1.06. The summed E-state index contributed by atoms with van der Waals surface area (Å²) in [7, 11) is 0. The lowest BCUT2D eigenvalue weighted by Gasteiger charge is -1.94. The van der Waals surface area contributed by atoms with Crippen LogP contribution in [0.15, 0.2) is 24.5 Å². The van der Waals surface area contributed by atoms with E-state index in [1.54, 1.807) is 6.20 Å². The highest BCUT2D eigenvalue weighted by atomic mass is 35.5. The number of aromatic nitrogens is 2. The minimum Gasteiger partial charge on any atom is -0.346 e. The zero-order valence-corrected chi connectivity index (χ0v) is 7.27. The maximum atomic E-state index is 5.46. The molecule has 2 aromatic heterocycles. The van der Waals surface area contributed by atoms with E-state index in [2.05, 4.69) is 9.97 Å². The standard InChI is InChI=1S/C8H9N3.ClH/c9-4-6-3-7-1-2-10-8(7)11-5-6;/h1-3,5H,4,9H2,(H,10,11);1H. The van der Waals surface area contributed by atoms with E-state index < -0.39 is 0 Å². The van der Waals surface area contributed by atoms with Crippen molar-refractivity contribution in [2.24, 2.45) is 5.73 Å². The van der Waals surface area contributed by atoms with Gasteiger partial charge in [-0.25, -0.2) is 4.98 Å². The van der Waals surface area contributed by atoms with Crippen molar-refractivity contribution in [2.75, 3.05) is 0 Å². The van der Waals surface area contributed by atoms with Gasteiger partial charge in [-0.15, -0.1) is 12.4 Å². The number of H-pyrrole nitrogens is 1. The van der Waals surface area contributed by atoms with Crippen LogP contribution in [0.25, 0.3) is 11.0 Å². The number of nitrogens with two attached hydrogens (primary N) is 1. The van der Waals surface area contributed by atoms with Crippen molar-refractivity contribution in [3.63, 3.8) is 0 Å². The summed E-state index contributed by atoms with van der Waals surface area (Å²) in [6.45, 7) is 0.550. The lowest BCUT2D eigenvalue weighted by Crippen LogP contribution is -1.96. The summed E-state index contributed by atoms with van der Waals surface area (Å²) in [6.07, 6.45) is 3.66. The first-order chi connectivity index (χ1) is 5.40. The first-order valence-corrected chi connectivity index (χ1v) is 3.52. The number of rotatable bonds is 1. The molecule has 3 N–H and O–H groups in total. The first-order valence-electron chi connectivity index (χ1n) is 3.52. The van der Waals surface area contributed by atoms with E-state index >= 15 is 0 Å². The highest BCUT2D eigenvalue weighted by Crippen LogP contribution is 2.10. The fourth-order valence-corrected chi connectivity index (χ4v) is 1.10. The van der Waals surface area contributed by atoms with Gasteiger partial charge in [-0.1, -0.05) is 0 Å². The molecular weight excluding hydrogens is 174 g/mol. The topological polar surface area (TPSA) is 54.7 Å². The van der Waals surface area contributed by atoms with Gasteiger partial charge >= 0.3 is 0 Å². The molecule has 0 radical (unpaired) electrons. The molecule has 2 heterocycles. The molecule has 2 aromatic rings. The van der Waals surface area contributed by atoms with Crippen molar-refractivity contribution >= 4 is 23.4 Å². The van der Waals surface area contributed by atoms with Gasteiger partial charge in [0.05, 0.1) is 0 Å². The number of aromatic amines is 1. The first kappa shape index (κ1) is 9.03. The Kier molecular flexibility index (Phi) is 2.68. The van der Waals surface area contributed by atoms with Crippen LogP contribution in [0, 0.1) is 0 Å². The van der Waals surface area contributed by atoms with Crippen LogP contribution < -0.4 is 5.73 Å². The average Bonchev–Trinajstić information content (AvgIpc) is 2.50. The van der Waals surface area contributed by atoms with E-state index in [0.29, 0.717) is 6.54 Å². The SMILES string of the molecule is Cl.NCc1cnc2[nH]ccc2c1. The van der Waals surface area contributed by atoms with Crippen LogP contribution in [0.1, 0.15) is 5.56 Å². The third-order valence-corrected chi connectivity index (χ3v) is 1.69. The molecule has 0 spiro atoms. The Morgan fingerprint density at radius 2 is 2.33 bits per heavy atom. The molecule has 2 rings (SSSR count). The van der Waals surface area contributed by atoms with E-state index in [1.165, 1.54) is 0 Å². The molecule has 64 valence electrons. The van der Waals surface area contributed by atoms with Crippen molar-refractivity contribution in [1.29, 1.82) is 0 Å². The largest absolute Gasteiger partial charge is 0.346 e. The fraction of sp³-hybridized carbons (Fsp3) is 0.125.